The first kappa shape index (κ1) is 26.0. The number of nitrogens with one attached hydrogen (secondary N) is 1. The van der Waals surface area contributed by atoms with Gasteiger partial charge in [0.1, 0.15) is 6.61 Å². The molecule has 2 heterocycles. The van der Waals surface area contributed by atoms with Crippen LogP contribution in [0.4, 0.5) is 23.8 Å². The molecule has 0 atom stereocenters. The number of halogens is 3. The van der Waals surface area contributed by atoms with Gasteiger partial charge in [-0.2, -0.15) is 13.2 Å². The van der Waals surface area contributed by atoms with E-state index in [1.807, 2.05) is 39.8 Å². The SMILES string of the molecule is CCC(C)=C(C)C=C(C=C(C)C)NC(=O)N1CCOc2cnc(-c3cccc(C(F)(F)F)c3)nc21. The van der Waals surface area contributed by atoms with Crippen LogP contribution in [-0.2, 0) is 6.18 Å². The molecule has 0 fully saturated rings. The van der Waals surface area contributed by atoms with Crippen LogP contribution in [0.2, 0.25) is 0 Å². The number of anilines is 1. The molecule has 6 nitrogen and oxygen atoms in total. The van der Waals surface area contributed by atoms with Gasteiger partial charge < -0.3 is 10.1 Å². The molecule has 0 bridgehead atoms. The third kappa shape index (κ3) is 6.49. The van der Waals surface area contributed by atoms with E-state index in [-0.39, 0.29) is 36.1 Å². The quantitative estimate of drug-likeness (QED) is 0.480. The number of urea groups is 1. The first-order valence-electron chi connectivity index (χ1n) is 11.3. The molecule has 1 aliphatic heterocycles. The third-order valence-corrected chi connectivity index (χ3v) is 5.53. The predicted octanol–water partition coefficient (Wildman–Crippen LogP) is 6.67. The Labute approximate surface area is 203 Å². The van der Waals surface area contributed by atoms with Gasteiger partial charge in [-0.1, -0.05) is 35.8 Å². The van der Waals surface area contributed by atoms with Crippen LogP contribution in [-0.4, -0.2) is 29.2 Å². The Bertz CT molecular complexity index is 1200. The molecule has 0 aliphatic carbocycles. The van der Waals surface area contributed by atoms with E-state index in [1.165, 1.54) is 28.8 Å². The number of benzene rings is 1. The highest BCUT2D eigenvalue weighted by atomic mass is 19.4. The topological polar surface area (TPSA) is 67.4 Å². The molecule has 2 amide bonds. The molecule has 35 heavy (non-hydrogen) atoms. The van der Waals surface area contributed by atoms with E-state index in [9.17, 15) is 18.0 Å². The maximum Gasteiger partial charge on any atom is 0.416 e. The molecule has 1 aromatic heterocycles. The van der Waals surface area contributed by atoms with Gasteiger partial charge in [-0.15, -0.1) is 0 Å². The summed E-state index contributed by atoms with van der Waals surface area (Å²) in [5, 5.41) is 2.93. The maximum absolute atomic E-state index is 13.3. The number of nitrogens with zero attached hydrogens (tertiary/aromatic N) is 3. The molecule has 0 radical (unpaired) electrons. The van der Waals surface area contributed by atoms with Crippen molar-refractivity contribution < 1.29 is 22.7 Å². The Balaban J connectivity index is 1.95. The number of hydrogen-bond donors (Lipinski definition) is 1. The summed E-state index contributed by atoms with van der Waals surface area (Å²) in [6.07, 6.45) is 1.57. The standard InChI is InChI=1S/C26H29F3N4O2/c1-6-17(4)18(5)13-21(12-16(2)3)31-25(34)33-10-11-35-22-15-30-23(32-24(22)33)19-8-7-9-20(14-19)26(27,28)29/h7-9,12-15H,6,10-11H2,1-5H3,(H,31,34). The van der Waals surface area contributed by atoms with Crippen molar-refractivity contribution in [3.63, 3.8) is 0 Å². The molecule has 9 heteroatoms. The second kappa shape index (κ2) is 10.8. The fourth-order valence-electron chi connectivity index (χ4n) is 3.43. The second-order valence-electron chi connectivity index (χ2n) is 8.53. The van der Waals surface area contributed by atoms with Gasteiger partial charge >= 0.3 is 12.2 Å². The molecule has 3 rings (SSSR count). The Morgan fingerprint density at radius 3 is 2.60 bits per heavy atom. The average molecular weight is 487 g/mol. The van der Waals surface area contributed by atoms with Crippen LogP contribution in [0.3, 0.4) is 0 Å². The second-order valence-corrected chi connectivity index (χ2v) is 8.53. The van der Waals surface area contributed by atoms with E-state index in [2.05, 4.69) is 22.2 Å². The van der Waals surface area contributed by atoms with Crippen LogP contribution in [0, 0.1) is 0 Å². The molecule has 0 spiro atoms. The highest BCUT2D eigenvalue weighted by Gasteiger charge is 2.31. The van der Waals surface area contributed by atoms with Crippen LogP contribution in [0.25, 0.3) is 11.4 Å². The van der Waals surface area contributed by atoms with Gasteiger partial charge in [0, 0.05) is 11.3 Å². The van der Waals surface area contributed by atoms with Crippen LogP contribution in [0.5, 0.6) is 5.75 Å². The van der Waals surface area contributed by atoms with Crippen molar-refractivity contribution in [3.05, 3.63) is 70.6 Å². The van der Waals surface area contributed by atoms with E-state index in [4.69, 9.17) is 4.74 Å². The largest absolute Gasteiger partial charge is 0.486 e. The summed E-state index contributed by atoms with van der Waals surface area (Å²) >= 11 is 0. The van der Waals surface area contributed by atoms with Gasteiger partial charge in [-0.3, -0.25) is 4.90 Å². The lowest BCUT2D eigenvalue weighted by Crippen LogP contribution is -2.44. The minimum atomic E-state index is -4.49. The van der Waals surface area contributed by atoms with Crippen molar-refractivity contribution in [2.75, 3.05) is 18.1 Å². The summed E-state index contributed by atoms with van der Waals surface area (Å²) in [5.41, 5.74) is 3.28. The Morgan fingerprint density at radius 2 is 1.94 bits per heavy atom. The van der Waals surface area contributed by atoms with Crippen molar-refractivity contribution in [2.24, 2.45) is 0 Å². The van der Waals surface area contributed by atoms with Crippen molar-refractivity contribution in [1.29, 1.82) is 0 Å². The van der Waals surface area contributed by atoms with E-state index >= 15 is 0 Å². The summed E-state index contributed by atoms with van der Waals surface area (Å²) in [7, 11) is 0. The molecular weight excluding hydrogens is 457 g/mol. The van der Waals surface area contributed by atoms with E-state index in [0.29, 0.717) is 5.70 Å². The summed E-state index contributed by atoms with van der Waals surface area (Å²) in [6, 6.07) is 4.34. The molecule has 186 valence electrons. The summed E-state index contributed by atoms with van der Waals surface area (Å²) in [5.74, 6) is 0.549. The van der Waals surface area contributed by atoms with Gasteiger partial charge in [-0.05, 0) is 58.4 Å². The smallest absolute Gasteiger partial charge is 0.416 e. The number of rotatable bonds is 5. The number of aromatic nitrogens is 2. The molecule has 0 saturated carbocycles. The number of ether oxygens (including phenoxy) is 1. The molecule has 1 aromatic carbocycles. The van der Waals surface area contributed by atoms with Crippen LogP contribution >= 0.6 is 0 Å². The molecular formula is C26H29F3N4O2. The summed E-state index contributed by atoms with van der Waals surface area (Å²) in [4.78, 5) is 23.2. The zero-order valence-electron chi connectivity index (χ0n) is 20.5. The van der Waals surface area contributed by atoms with Gasteiger partial charge in [0.05, 0.1) is 18.3 Å². The number of hydrogen-bond acceptors (Lipinski definition) is 4. The minimum absolute atomic E-state index is 0.0653. The minimum Gasteiger partial charge on any atom is -0.486 e. The fraction of sp³-hybridized carbons (Fsp3) is 0.346. The van der Waals surface area contributed by atoms with Crippen molar-refractivity contribution in [2.45, 2.75) is 47.2 Å². The third-order valence-electron chi connectivity index (χ3n) is 5.53. The van der Waals surface area contributed by atoms with Gasteiger partial charge in [0.25, 0.3) is 0 Å². The number of carbonyl (C=O) groups excluding carboxylic acids is 1. The first-order valence-corrected chi connectivity index (χ1v) is 11.3. The summed E-state index contributed by atoms with van der Waals surface area (Å²) < 4.78 is 45.1. The molecule has 0 saturated heterocycles. The first-order chi connectivity index (χ1) is 16.5. The van der Waals surface area contributed by atoms with Crippen LogP contribution in [0.1, 0.15) is 46.6 Å². The van der Waals surface area contributed by atoms with Crippen molar-refractivity contribution in [3.8, 4) is 17.1 Å². The van der Waals surface area contributed by atoms with E-state index < -0.39 is 17.8 Å². The molecule has 2 aromatic rings. The number of allylic oxidation sites excluding steroid dienone is 5. The van der Waals surface area contributed by atoms with E-state index in [1.54, 1.807) is 0 Å². The Morgan fingerprint density at radius 1 is 1.20 bits per heavy atom. The van der Waals surface area contributed by atoms with Crippen molar-refractivity contribution >= 4 is 11.8 Å². The zero-order chi connectivity index (χ0) is 25.8. The normalized spacial score (nSPS) is 14.5. The lowest BCUT2D eigenvalue weighted by Gasteiger charge is -2.28. The maximum atomic E-state index is 13.3. The lowest BCUT2D eigenvalue weighted by atomic mass is 10.1. The molecule has 1 N–H and O–H groups in total. The number of alkyl halides is 3. The highest BCUT2D eigenvalue weighted by Crippen LogP contribution is 2.34. The number of carbonyl (C=O) groups is 1. The number of fused-ring (bicyclic) bond motifs is 1. The molecule has 1 aliphatic rings. The average Bonchev–Trinajstić information content (AvgIpc) is 2.81. The fourth-order valence-corrected chi connectivity index (χ4v) is 3.43. The van der Waals surface area contributed by atoms with E-state index in [0.717, 1.165) is 29.7 Å². The van der Waals surface area contributed by atoms with Crippen LogP contribution < -0.4 is 15.0 Å². The van der Waals surface area contributed by atoms with Crippen molar-refractivity contribution in [1.82, 2.24) is 15.3 Å². The predicted molar refractivity (Wildman–Crippen MR) is 130 cm³/mol. The highest BCUT2D eigenvalue weighted by molar-refractivity contribution is 5.94. The number of amides is 2. The van der Waals surface area contributed by atoms with Crippen LogP contribution in [0.15, 0.2) is 65.0 Å². The summed E-state index contributed by atoms with van der Waals surface area (Å²) in [6.45, 7) is 10.4. The Kier molecular flexibility index (Phi) is 7.99. The Hall–Kier alpha value is -3.62. The monoisotopic (exact) mass is 486 g/mol. The lowest BCUT2D eigenvalue weighted by molar-refractivity contribution is -0.137. The molecule has 0 unspecified atom stereocenters. The van der Waals surface area contributed by atoms with Gasteiger partial charge in [0.2, 0.25) is 0 Å². The van der Waals surface area contributed by atoms with Gasteiger partial charge in [0.15, 0.2) is 17.4 Å². The zero-order valence-corrected chi connectivity index (χ0v) is 20.5. The van der Waals surface area contributed by atoms with Gasteiger partial charge in [-0.25, -0.2) is 14.8 Å².